The summed E-state index contributed by atoms with van der Waals surface area (Å²) in [5, 5.41) is 16.5. The van der Waals surface area contributed by atoms with Gasteiger partial charge in [0.05, 0.1) is 11.6 Å². The molecule has 0 fully saturated rings. The van der Waals surface area contributed by atoms with Crippen LogP contribution in [-0.2, 0) is 0 Å². The van der Waals surface area contributed by atoms with E-state index in [9.17, 15) is 4.79 Å². The van der Waals surface area contributed by atoms with Gasteiger partial charge in [-0.3, -0.25) is 4.79 Å². The van der Waals surface area contributed by atoms with E-state index in [1.807, 2.05) is 6.07 Å². The second-order valence-corrected chi connectivity index (χ2v) is 6.73. The van der Waals surface area contributed by atoms with E-state index in [1.54, 1.807) is 19.1 Å². The highest BCUT2D eigenvalue weighted by Gasteiger charge is 2.20. The molecule has 1 atom stereocenters. The van der Waals surface area contributed by atoms with Crippen LogP contribution in [0.1, 0.15) is 34.7 Å². The molecule has 27 heavy (non-hydrogen) atoms. The van der Waals surface area contributed by atoms with Crippen molar-refractivity contribution < 1.29 is 4.79 Å². The SMILES string of the molecule is CC(NC(=O)c1cc(Cl)cc(Cl)c1)c1nc(Cl)nn1-c1ccc(C#N)cn1. The number of halogens is 3. The van der Waals surface area contributed by atoms with Gasteiger partial charge in [-0.15, -0.1) is 5.10 Å². The van der Waals surface area contributed by atoms with E-state index in [4.69, 9.17) is 40.1 Å². The van der Waals surface area contributed by atoms with E-state index in [-0.39, 0.29) is 11.2 Å². The van der Waals surface area contributed by atoms with Crippen molar-refractivity contribution in [2.45, 2.75) is 13.0 Å². The quantitative estimate of drug-likeness (QED) is 0.687. The molecule has 0 aliphatic rings. The Kier molecular flexibility index (Phi) is 5.61. The number of rotatable bonds is 4. The third kappa shape index (κ3) is 4.37. The number of carbonyl (C=O) groups is 1. The van der Waals surface area contributed by atoms with Crippen LogP contribution in [0.5, 0.6) is 0 Å². The van der Waals surface area contributed by atoms with Crippen molar-refractivity contribution in [3.8, 4) is 11.9 Å². The summed E-state index contributed by atoms with van der Waals surface area (Å²) in [5.41, 5.74) is 0.721. The van der Waals surface area contributed by atoms with Crippen molar-refractivity contribution in [1.29, 1.82) is 5.26 Å². The molecule has 2 aromatic heterocycles. The molecule has 10 heteroatoms. The molecule has 0 saturated heterocycles. The maximum atomic E-state index is 12.5. The smallest absolute Gasteiger partial charge is 0.251 e. The Balaban J connectivity index is 1.87. The fraction of sp³-hybridized carbons (Fsp3) is 0.118. The summed E-state index contributed by atoms with van der Waals surface area (Å²) >= 11 is 17.8. The molecule has 2 heterocycles. The Morgan fingerprint density at radius 1 is 1.22 bits per heavy atom. The summed E-state index contributed by atoms with van der Waals surface area (Å²) in [7, 11) is 0. The number of nitrogens with zero attached hydrogens (tertiary/aromatic N) is 5. The van der Waals surface area contributed by atoms with Crippen molar-refractivity contribution in [1.82, 2.24) is 25.1 Å². The van der Waals surface area contributed by atoms with Gasteiger partial charge in [-0.1, -0.05) is 23.2 Å². The van der Waals surface area contributed by atoms with Gasteiger partial charge in [-0.2, -0.15) is 14.9 Å². The normalized spacial score (nSPS) is 11.7. The fourth-order valence-electron chi connectivity index (χ4n) is 2.35. The van der Waals surface area contributed by atoms with Crippen molar-refractivity contribution in [2.75, 3.05) is 0 Å². The Morgan fingerprint density at radius 2 is 1.93 bits per heavy atom. The van der Waals surface area contributed by atoms with Crippen LogP contribution in [-0.4, -0.2) is 25.7 Å². The molecular weight excluding hydrogens is 411 g/mol. The van der Waals surface area contributed by atoms with Crippen LogP contribution >= 0.6 is 34.8 Å². The molecule has 1 N–H and O–H groups in total. The molecule has 3 rings (SSSR count). The highest BCUT2D eigenvalue weighted by Crippen LogP contribution is 2.21. The number of nitriles is 1. The van der Waals surface area contributed by atoms with Gasteiger partial charge in [0, 0.05) is 21.8 Å². The first-order chi connectivity index (χ1) is 12.9. The zero-order chi connectivity index (χ0) is 19.6. The lowest BCUT2D eigenvalue weighted by atomic mass is 10.2. The van der Waals surface area contributed by atoms with Crippen molar-refractivity contribution >= 4 is 40.7 Å². The minimum Gasteiger partial charge on any atom is -0.342 e. The molecular formula is C17H11Cl3N6O. The molecule has 1 unspecified atom stereocenters. The topological polar surface area (TPSA) is 96.5 Å². The second-order valence-electron chi connectivity index (χ2n) is 5.52. The molecule has 7 nitrogen and oxygen atoms in total. The van der Waals surface area contributed by atoms with Gasteiger partial charge >= 0.3 is 0 Å². The third-order valence-corrected chi connectivity index (χ3v) is 4.16. The molecule has 0 aliphatic carbocycles. The Hall–Kier alpha value is -2.66. The molecule has 0 bridgehead atoms. The summed E-state index contributed by atoms with van der Waals surface area (Å²) < 4.78 is 1.40. The number of amides is 1. The zero-order valence-corrected chi connectivity index (χ0v) is 16.1. The lowest BCUT2D eigenvalue weighted by Gasteiger charge is -2.14. The third-order valence-electron chi connectivity index (χ3n) is 3.56. The van der Waals surface area contributed by atoms with E-state index in [1.165, 1.54) is 29.1 Å². The van der Waals surface area contributed by atoms with Crippen molar-refractivity contribution in [3.05, 3.63) is 68.8 Å². The molecule has 0 spiro atoms. The summed E-state index contributed by atoms with van der Waals surface area (Å²) in [6.07, 6.45) is 1.41. The van der Waals surface area contributed by atoms with Gasteiger partial charge in [0.25, 0.3) is 5.91 Å². The van der Waals surface area contributed by atoms with E-state index in [2.05, 4.69) is 20.4 Å². The molecule has 0 radical (unpaired) electrons. The average Bonchev–Trinajstić information content (AvgIpc) is 3.03. The number of hydrogen-bond donors (Lipinski definition) is 1. The van der Waals surface area contributed by atoms with Crippen molar-refractivity contribution in [2.24, 2.45) is 0 Å². The molecule has 136 valence electrons. The summed E-state index contributed by atoms with van der Waals surface area (Å²) in [5.74, 6) is 0.402. The van der Waals surface area contributed by atoms with E-state index in [0.717, 1.165) is 0 Å². The summed E-state index contributed by atoms with van der Waals surface area (Å²) in [6, 6.07) is 9.20. The van der Waals surface area contributed by atoms with E-state index < -0.39 is 6.04 Å². The highest BCUT2D eigenvalue weighted by atomic mass is 35.5. The maximum absolute atomic E-state index is 12.5. The van der Waals surface area contributed by atoms with Gasteiger partial charge in [0.1, 0.15) is 6.07 Å². The van der Waals surface area contributed by atoms with Gasteiger partial charge < -0.3 is 5.32 Å². The predicted molar refractivity (Wildman–Crippen MR) is 101 cm³/mol. The lowest BCUT2D eigenvalue weighted by Crippen LogP contribution is -2.28. The summed E-state index contributed by atoms with van der Waals surface area (Å²) in [4.78, 5) is 20.8. The maximum Gasteiger partial charge on any atom is 0.251 e. The minimum absolute atomic E-state index is 0.00283. The molecule has 1 amide bonds. The van der Waals surface area contributed by atoms with Gasteiger partial charge in [0.2, 0.25) is 5.28 Å². The average molecular weight is 422 g/mol. The predicted octanol–water partition coefficient (Wildman–Crippen LogP) is 3.99. The molecule has 0 aliphatic heterocycles. The van der Waals surface area contributed by atoms with Crippen LogP contribution < -0.4 is 5.32 Å². The molecule has 0 saturated carbocycles. The second kappa shape index (κ2) is 7.92. The first-order valence-electron chi connectivity index (χ1n) is 7.63. The fourth-order valence-corrected chi connectivity index (χ4v) is 3.04. The zero-order valence-electron chi connectivity index (χ0n) is 13.8. The number of benzene rings is 1. The molecule has 1 aromatic carbocycles. The first-order valence-corrected chi connectivity index (χ1v) is 8.76. The Labute approximate surface area is 169 Å². The van der Waals surface area contributed by atoms with Crippen LogP contribution in [0.2, 0.25) is 15.3 Å². The van der Waals surface area contributed by atoms with Crippen molar-refractivity contribution in [3.63, 3.8) is 0 Å². The molecule has 3 aromatic rings. The first kappa shape index (κ1) is 19.1. The van der Waals surface area contributed by atoms with E-state index in [0.29, 0.717) is 32.8 Å². The lowest BCUT2D eigenvalue weighted by molar-refractivity contribution is 0.0938. The largest absolute Gasteiger partial charge is 0.342 e. The number of carbonyl (C=O) groups excluding carboxylic acids is 1. The number of nitrogens with one attached hydrogen (secondary N) is 1. The van der Waals surface area contributed by atoms with Gasteiger partial charge in [-0.25, -0.2) is 4.98 Å². The number of hydrogen-bond acceptors (Lipinski definition) is 5. The number of pyridine rings is 1. The standard InChI is InChI=1S/C17H11Cl3N6O/c1-9(23-16(27)11-4-12(18)6-13(19)5-11)15-24-17(20)25-26(15)14-3-2-10(7-21)8-22-14/h2-6,8-9H,1H3,(H,23,27). The Morgan fingerprint density at radius 3 is 2.52 bits per heavy atom. The van der Waals surface area contributed by atoms with Crippen LogP contribution in [0.4, 0.5) is 0 Å². The Bertz CT molecular complexity index is 1020. The van der Waals surface area contributed by atoms with E-state index >= 15 is 0 Å². The van der Waals surface area contributed by atoms with Gasteiger partial charge in [-0.05, 0) is 48.9 Å². The van der Waals surface area contributed by atoms with Gasteiger partial charge in [0.15, 0.2) is 11.6 Å². The number of aromatic nitrogens is 4. The van der Waals surface area contributed by atoms with Crippen LogP contribution in [0.15, 0.2) is 36.5 Å². The summed E-state index contributed by atoms with van der Waals surface area (Å²) in [6.45, 7) is 1.73. The highest BCUT2D eigenvalue weighted by molar-refractivity contribution is 6.35. The monoisotopic (exact) mass is 420 g/mol. The van der Waals surface area contributed by atoms with Crippen LogP contribution in [0, 0.1) is 11.3 Å². The van der Waals surface area contributed by atoms with Crippen LogP contribution in [0.25, 0.3) is 5.82 Å². The van der Waals surface area contributed by atoms with Crippen LogP contribution in [0.3, 0.4) is 0 Å². The minimum atomic E-state index is -0.548.